The molecule has 2 aliphatic heterocycles. The largest absolute Gasteiger partial charge is 0.480 e. The van der Waals surface area contributed by atoms with E-state index >= 15 is 0 Å². The summed E-state index contributed by atoms with van der Waals surface area (Å²) in [5.41, 5.74) is 0.818. The Hall–Kier alpha value is -2.22. The van der Waals surface area contributed by atoms with E-state index in [9.17, 15) is 14.7 Å². The number of carboxylic acid groups (broad SMARTS) is 1. The van der Waals surface area contributed by atoms with Crippen LogP contribution in [0.5, 0.6) is 0 Å². The first-order valence-corrected chi connectivity index (χ1v) is 10.5. The van der Waals surface area contributed by atoms with E-state index < -0.39 is 17.7 Å². The summed E-state index contributed by atoms with van der Waals surface area (Å²) in [5, 5.41) is 9.71. The number of carboxylic acids is 1. The highest BCUT2D eigenvalue weighted by Crippen LogP contribution is 2.39. The lowest BCUT2D eigenvalue weighted by atomic mass is 9.96. The van der Waals surface area contributed by atoms with E-state index in [-0.39, 0.29) is 12.5 Å². The maximum absolute atomic E-state index is 13.4. The third kappa shape index (κ3) is 3.95. The van der Waals surface area contributed by atoms with Crippen molar-refractivity contribution in [1.82, 2.24) is 9.80 Å². The van der Waals surface area contributed by atoms with E-state index in [1.165, 1.54) is 10.5 Å². The number of hydrogen-bond acceptors (Lipinski definition) is 4. The van der Waals surface area contributed by atoms with Gasteiger partial charge in [0.15, 0.2) is 6.04 Å². The molecule has 2 fully saturated rings. The molecule has 29 heavy (non-hydrogen) atoms. The molecule has 0 saturated carbocycles. The number of amides is 1. The number of hydrogen-bond donors (Lipinski definition) is 1. The number of ether oxygens (including phenoxy) is 1. The molecule has 0 aromatic heterocycles. The number of piperidine rings is 1. The molecule has 1 N–H and O–H groups in total. The number of rotatable bonds is 4. The normalized spacial score (nSPS) is 21.4. The minimum absolute atomic E-state index is 0.0181. The molecule has 4 rings (SSSR count). The molecule has 7 heteroatoms. The lowest BCUT2D eigenvalue weighted by molar-refractivity contribution is -0.144. The van der Waals surface area contributed by atoms with E-state index in [2.05, 4.69) is 33.0 Å². The van der Waals surface area contributed by atoms with Crippen LogP contribution in [0.1, 0.15) is 28.8 Å². The maximum atomic E-state index is 13.4. The maximum Gasteiger partial charge on any atom is 0.328 e. The quantitative estimate of drug-likeness (QED) is 0.760. The highest BCUT2D eigenvalue weighted by atomic mass is 79.9. The second kappa shape index (κ2) is 8.26. The fraction of sp³-hybridized carbons (Fsp3) is 0.364. The number of likely N-dealkylation sites (tertiary alicyclic amines) is 1. The second-order valence-electron chi connectivity index (χ2n) is 7.53. The SMILES string of the molecule is O=C(O)[C@H]1COC2(CCN(Cc3ccccc3)CC2)N1C(=O)c1ccccc1Br. The lowest BCUT2D eigenvalue weighted by Crippen LogP contribution is -2.58. The third-order valence-electron chi connectivity index (χ3n) is 5.76. The Balaban J connectivity index is 1.55. The number of benzene rings is 2. The summed E-state index contributed by atoms with van der Waals surface area (Å²) >= 11 is 3.42. The van der Waals surface area contributed by atoms with Gasteiger partial charge in [0.2, 0.25) is 0 Å². The first-order chi connectivity index (χ1) is 14.0. The fourth-order valence-corrected chi connectivity index (χ4v) is 4.68. The van der Waals surface area contributed by atoms with Crippen LogP contribution in [0.4, 0.5) is 0 Å². The van der Waals surface area contributed by atoms with Crippen LogP contribution in [0.3, 0.4) is 0 Å². The highest BCUT2D eigenvalue weighted by Gasteiger charge is 2.54. The Morgan fingerprint density at radius 3 is 2.38 bits per heavy atom. The van der Waals surface area contributed by atoms with Crippen molar-refractivity contribution >= 4 is 27.8 Å². The molecule has 0 radical (unpaired) electrons. The molecule has 2 aromatic rings. The number of halogens is 1. The lowest BCUT2D eigenvalue weighted by Gasteiger charge is -2.44. The van der Waals surface area contributed by atoms with Crippen LogP contribution in [-0.4, -0.2) is 58.2 Å². The van der Waals surface area contributed by atoms with Crippen LogP contribution in [0, 0.1) is 0 Å². The molecule has 0 aliphatic carbocycles. The first-order valence-electron chi connectivity index (χ1n) is 9.71. The average Bonchev–Trinajstić information content (AvgIpc) is 3.10. The van der Waals surface area contributed by atoms with Crippen molar-refractivity contribution in [2.24, 2.45) is 0 Å². The van der Waals surface area contributed by atoms with Gasteiger partial charge in [-0.25, -0.2) is 4.79 Å². The predicted octanol–water partition coefficient (Wildman–Crippen LogP) is 3.37. The van der Waals surface area contributed by atoms with E-state index in [1.54, 1.807) is 18.2 Å². The summed E-state index contributed by atoms with van der Waals surface area (Å²) in [6, 6.07) is 16.4. The Morgan fingerprint density at radius 1 is 1.07 bits per heavy atom. The van der Waals surface area contributed by atoms with Gasteiger partial charge in [-0.3, -0.25) is 14.6 Å². The minimum Gasteiger partial charge on any atom is -0.480 e. The van der Waals surface area contributed by atoms with Gasteiger partial charge < -0.3 is 9.84 Å². The Bertz CT molecular complexity index is 897. The van der Waals surface area contributed by atoms with Gasteiger partial charge in [0.05, 0.1) is 12.2 Å². The van der Waals surface area contributed by atoms with E-state index in [0.717, 1.165) is 19.6 Å². The van der Waals surface area contributed by atoms with Crippen molar-refractivity contribution in [1.29, 1.82) is 0 Å². The summed E-state index contributed by atoms with van der Waals surface area (Å²) in [6.45, 7) is 2.32. The number of aliphatic carboxylic acids is 1. The van der Waals surface area contributed by atoms with E-state index in [1.807, 2.05) is 24.3 Å². The Morgan fingerprint density at radius 2 is 1.72 bits per heavy atom. The van der Waals surface area contributed by atoms with Crippen molar-refractivity contribution < 1.29 is 19.4 Å². The zero-order valence-corrected chi connectivity index (χ0v) is 17.5. The molecule has 2 heterocycles. The van der Waals surface area contributed by atoms with Gasteiger partial charge in [0, 0.05) is 36.9 Å². The summed E-state index contributed by atoms with van der Waals surface area (Å²) in [7, 11) is 0. The van der Waals surface area contributed by atoms with Gasteiger partial charge in [0.25, 0.3) is 5.91 Å². The highest BCUT2D eigenvalue weighted by molar-refractivity contribution is 9.10. The molecule has 2 aromatic carbocycles. The molecular weight excluding hydrogens is 436 g/mol. The predicted molar refractivity (Wildman–Crippen MR) is 111 cm³/mol. The Labute approximate surface area is 178 Å². The molecule has 6 nitrogen and oxygen atoms in total. The van der Waals surface area contributed by atoms with Crippen LogP contribution in [0.15, 0.2) is 59.1 Å². The second-order valence-corrected chi connectivity index (χ2v) is 8.38. The van der Waals surface area contributed by atoms with Gasteiger partial charge in [-0.15, -0.1) is 0 Å². The molecule has 1 amide bonds. The minimum atomic E-state index is -1.03. The average molecular weight is 459 g/mol. The summed E-state index contributed by atoms with van der Waals surface area (Å²) in [4.78, 5) is 29.0. The van der Waals surface area contributed by atoms with Crippen LogP contribution < -0.4 is 0 Å². The van der Waals surface area contributed by atoms with Gasteiger partial charge >= 0.3 is 5.97 Å². The van der Waals surface area contributed by atoms with Crippen molar-refractivity contribution in [2.75, 3.05) is 19.7 Å². The summed E-state index contributed by atoms with van der Waals surface area (Å²) < 4.78 is 6.68. The van der Waals surface area contributed by atoms with Crippen molar-refractivity contribution in [3.05, 3.63) is 70.2 Å². The van der Waals surface area contributed by atoms with Gasteiger partial charge in [0.1, 0.15) is 5.72 Å². The van der Waals surface area contributed by atoms with Crippen LogP contribution in [0.2, 0.25) is 0 Å². The fourth-order valence-electron chi connectivity index (χ4n) is 4.22. The molecule has 1 spiro atoms. The molecule has 0 bridgehead atoms. The first kappa shape index (κ1) is 20.1. The molecule has 2 aliphatic rings. The number of nitrogens with zero attached hydrogens (tertiary/aromatic N) is 2. The monoisotopic (exact) mass is 458 g/mol. The zero-order chi connectivity index (χ0) is 20.4. The van der Waals surface area contributed by atoms with Crippen LogP contribution >= 0.6 is 15.9 Å². The smallest absolute Gasteiger partial charge is 0.328 e. The molecular formula is C22H23BrN2O4. The Kier molecular flexibility index (Phi) is 5.72. The van der Waals surface area contributed by atoms with E-state index in [4.69, 9.17) is 4.74 Å². The molecule has 2 saturated heterocycles. The van der Waals surface area contributed by atoms with Gasteiger partial charge in [-0.2, -0.15) is 0 Å². The number of carbonyl (C=O) groups excluding carboxylic acids is 1. The summed E-state index contributed by atoms with van der Waals surface area (Å²) in [5.74, 6) is -1.34. The third-order valence-corrected chi connectivity index (χ3v) is 6.45. The molecule has 1 atom stereocenters. The van der Waals surface area contributed by atoms with E-state index in [0.29, 0.717) is 22.9 Å². The molecule has 152 valence electrons. The van der Waals surface area contributed by atoms with Crippen LogP contribution in [-0.2, 0) is 16.1 Å². The standard InChI is InChI=1S/C22H23BrN2O4/c23-18-9-5-4-8-17(18)20(26)25-19(21(27)28)15-29-22(25)10-12-24(13-11-22)14-16-6-2-1-3-7-16/h1-9,19H,10-15H2,(H,27,28)/t19-/m1/s1. The number of carbonyl (C=O) groups is 2. The zero-order valence-electron chi connectivity index (χ0n) is 16.0. The topological polar surface area (TPSA) is 70.1 Å². The van der Waals surface area contributed by atoms with Crippen molar-refractivity contribution in [3.8, 4) is 0 Å². The van der Waals surface area contributed by atoms with Gasteiger partial charge in [-0.1, -0.05) is 42.5 Å². The summed E-state index contributed by atoms with van der Waals surface area (Å²) in [6.07, 6.45) is 1.17. The van der Waals surface area contributed by atoms with Crippen molar-refractivity contribution in [2.45, 2.75) is 31.2 Å². The van der Waals surface area contributed by atoms with Gasteiger partial charge in [-0.05, 0) is 33.6 Å². The van der Waals surface area contributed by atoms with Crippen LogP contribution in [0.25, 0.3) is 0 Å². The molecule has 0 unspecified atom stereocenters. The van der Waals surface area contributed by atoms with Crippen molar-refractivity contribution in [3.63, 3.8) is 0 Å².